The van der Waals surface area contributed by atoms with Gasteiger partial charge in [0, 0.05) is 19.5 Å². The molecule has 25 heavy (non-hydrogen) atoms. The molecular weight excluding hydrogens is 321 g/mol. The molecule has 1 aliphatic heterocycles. The van der Waals surface area contributed by atoms with Crippen molar-refractivity contribution in [3.8, 4) is 0 Å². The van der Waals surface area contributed by atoms with Gasteiger partial charge in [-0.25, -0.2) is 9.07 Å². The quantitative estimate of drug-likeness (QED) is 0.854. The Kier molecular flexibility index (Phi) is 5.11. The lowest BCUT2D eigenvalue weighted by molar-refractivity contribution is -0.138. The van der Waals surface area contributed by atoms with E-state index in [-0.39, 0.29) is 11.7 Å². The number of halogens is 1. The Morgan fingerprint density at radius 1 is 1.32 bits per heavy atom. The van der Waals surface area contributed by atoms with Gasteiger partial charge in [0.05, 0.1) is 0 Å². The molecular formula is C18H24FN5O. The second-order valence-corrected chi connectivity index (χ2v) is 7.21. The summed E-state index contributed by atoms with van der Waals surface area (Å²) in [4.78, 5) is 15.2. The van der Waals surface area contributed by atoms with Gasteiger partial charge in [0.15, 0.2) is 0 Å². The highest BCUT2D eigenvalue weighted by molar-refractivity contribution is 5.81. The van der Waals surface area contributed by atoms with E-state index in [1.807, 2.05) is 11.0 Å². The molecule has 3 rings (SSSR count). The molecule has 0 saturated carbocycles. The summed E-state index contributed by atoms with van der Waals surface area (Å²) in [7, 11) is 0. The Balaban J connectivity index is 1.88. The summed E-state index contributed by atoms with van der Waals surface area (Å²) >= 11 is 0. The number of amides is 1. The number of hydrogen-bond acceptors (Lipinski definition) is 4. The van der Waals surface area contributed by atoms with E-state index in [1.165, 1.54) is 12.1 Å². The maximum atomic E-state index is 13.6. The van der Waals surface area contributed by atoms with Gasteiger partial charge >= 0.3 is 0 Å². The van der Waals surface area contributed by atoms with Gasteiger partial charge in [0.1, 0.15) is 17.7 Å². The van der Waals surface area contributed by atoms with E-state index in [4.69, 9.17) is 0 Å². The zero-order chi connectivity index (χ0) is 18.0. The third-order valence-electron chi connectivity index (χ3n) is 4.74. The maximum Gasteiger partial charge on any atom is 0.247 e. The van der Waals surface area contributed by atoms with Gasteiger partial charge in [0.25, 0.3) is 0 Å². The molecule has 1 aliphatic rings. The van der Waals surface area contributed by atoms with Gasteiger partial charge in [-0.2, -0.15) is 0 Å². The van der Waals surface area contributed by atoms with Crippen LogP contribution in [0.15, 0.2) is 24.3 Å². The normalized spacial score (nSPS) is 22.0. The molecule has 3 atom stereocenters. The molecule has 1 saturated heterocycles. The van der Waals surface area contributed by atoms with Crippen LogP contribution in [-0.2, 0) is 11.2 Å². The Labute approximate surface area is 147 Å². The number of tetrazole rings is 1. The largest absolute Gasteiger partial charge is 0.340 e. The fraction of sp³-hybridized carbons (Fsp3) is 0.556. The van der Waals surface area contributed by atoms with Crippen molar-refractivity contribution in [2.45, 2.75) is 39.7 Å². The molecule has 7 heteroatoms. The van der Waals surface area contributed by atoms with Gasteiger partial charge in [-0.15, -0.1) is 5.10 Å². The monoisotopic (exact) mass is 345 g/mol. The number of benzene rings is 1. The summed E-state index contributed by atoms with van der Waals surface area (Å²) in [6, 6.07) is 5.78. The molecule has 0 unspecified atom stereocenters. The van der Waals surface area contributed by atoms with Crippen LogP contribution in [0, 0.1) is 24.6 Å². The molecule has 0 N–H and O–H groups in total. The Hall–Kier alpha value is -2.31. The Morgan fingerprint density at radius 2 is 2.04 bits per heavy atom. The van der Waals surface area contributed by atoms with Gasteiger partial charge < -0.3 is 4.90 Å². The second-order valence-electron chi connectivity index (χ2n) is 7.21. The standard InChI is InChI=1S/C18H24FN5O/c1-12-7-13(2)11-23(10-12)18(25)17(24-14(3)20-21-22-24)9-15-5-4-6-16(19)8-15/h4-6,8,12-13,17H,7,9-11H2,1-3H3/t12-,13-,17-/m1/s1. The van der Waals surface area contributed by atoms with E-state index in [0.717, 1.165) is 25.1 Å². The van der Waals surface area contributed by atoms with E-state index in [9.17, 15) is 9.18 Å². The predicted octanol–water partition coefficient (Wildman–Crippen LogP) is 2.41. The van der Waals surface area contributed by atoms with E-state index in [1.54, 1.807) is 17.7 Å². The molecule has 0 radical (unpaired) electrons. The van der Waals surface area contributed by atoms with Crippen LogP contribution in [0.4, 0.5) is 4.39 Å². The van der Waals surface area contributed by atoms with E-state index in [2.05, 4.69) is 29.4 Å². The average molecular weight is 345 g/mol. The summed E-state index contributed by atoms with van der Waals surface area (Å²) in [5.74, 6) is 1.21. The third kappa shape index (κ3) is 4.03. The van der Waals surface area contributed by atoms with Gasteiger partial charge in [0.2, 0.25) is 5.91 Å². The summed E-state index contributed by atoms with van der Waals surface area (Å²) < 4.78 is 15.1. The zero-order valence-electron chi connectivity index (χ0n) is 14.9. The smallest absolute Gasteiger partial charge is 0.247 e. The lowest BCUT2D eigenvalue weighted by Crippen LogP contribution is -2.46. The van der Waals surface area contributed by atoms with E-state index >= 15 is 0 Å². The van der Waals surface area contributed by atoms with Crippen molar-refractivity contribution in [2.75, 3.05) is 13.1 Å². The van der Waals surface area contributed by atoms with Crippen molar-refractivity contribution in [1.29, 1.82) is 0 Å². The van der Waals surface area contributed by atoms with Crippen LogP contribution in [0.1, 0.15) is 37.7 Å². The first-order chi connectivity index (χ1) is 11.9. The van der Waals surface area contributed by atoms with Crippen LogP contribution in [0.2, 0.25) is 0 Å². The summed E-state index contributed by atoms with van der Waals surface area (Å²) in [6.07, 6.45) is 1.49. The van der Waals surface area contributed by atoms with Gasteiger partial charge in [-0.05, 0) is 53.3 Å². The lowest BCUT2D eigenvalue weighted by atomic mass is 9.91. The van der Waals surface area contributed by atoms with Gasteiger partial charge in [-0.3, -0.25) is 4.79 Å². The minimum absolute atomic E-state index is 0.00180. The van der Waals surface area contributed by atoms with Crippen molar-refractivity contribution in [2.24, 2.45) is 11.8 Å². The summed E-state index contributed by atoms with van der Waals surface area (Å²) in [6.45, 7) is 7.58. The molecule has 1 amide bonds. The Bertz CT molecular complexity index is 737. The van der Waals surface area contributed by atoms with Crippen molar-refractivity contribution in [1.82, 2.24) is 25.1 Å². The van der Waals surface area contributed by atoms with Crippen LogP contribution in [0.3, 0.4) is 0 Å². The number of hydrogen-bond donors (Lipinski definition) is 0. The molecule has 0 bridgehead atoms. The van der Waals surface area contributed by atoms with Crippen molar-refractivity contribution >= 4 is 5.91 Å². The molecule has 0 spiro atoms. The van der Waals surface area contributed by atoms with Crippen LogP contribution in [0.5, 0.6) is 0 Å². The number of likely N-dealkylation sites (tertiary alicyclic amines) is 1. The van der Waals surface area contributed by atoms with Gasteiger partial charge in [-0.1, -0.05) is 26.0 Å². The fourth-order valence-corrected chi connectivity index (χ4v) is 3.75. The van der Waals surface area contributed by atoms with Crippen LogP contribution >= 0.6 is 0 Å². The van der Waals surface area contributed by atoms with Crippen molar-refractivity contribution in [3.05, 3.63) is 41.5 Å². The summed E-state index contributed by atoms with van der Waals surface area (Å²) in [5.41, 5.74) is 0.756. The molecule has 134 valence electrons. The van der Waals surface area contributed by atoms with Crippen LogP contribution in [-0.4, -0.2) is 44.1 Å². The third-order valence-corrected chi connectivity index (χ3v) is 4.74. The predicted molar refractivity (Wildman–Crippen MR) is 91.2 cm³/mol. The minimum Gasteiger partial charge on any atom is -0.340 e. The number of rotatable bonds is 4. The van der Waals surface area contributed by atoms with Crippen LogP contribution in [0.25, 0.3) is 0 Å². The fourth-order valence-electron chi connectivity index (χ4n) is 3.75. The number of aromatic nitrogens is 4. The molecule has 1 aromatic carbocycles. The zero-order valence-corrected chi connectivity index (χ0v) is 14.9. The number of nitrogens with zero attached hydrogens (tertiary/aromatic N) is 5. The summed E-state index contributed by atoms with van der Waals surface area (Å²) in [5, 5.41) is 11.6. The molecule has 2 heterocycles. The van der Waals surface area contributed by atoms with Crippen LogP contribution < -0.4 is 0 Å². The molecule has 1 aromatic heterocycles. The highest BCUT2D eigenvalue weighted by Crippen LogP contribution is 2.25. The molecule has 1 fully saturated rings. The maximum absolute atomic E-state index is 13.6. The number of carbonyl (C=O) groups is 1. The molecule has 0 aliphatic carbocycles. The average Bonchev–Trinajstić information content (AvgIpc) is 2.97. The number of aryl methyl sites for hydroxylation is 1. The molecule has 2 aromatic rings. The second kappa shape index (κ2) is 7.29. The van der Waals surface area contributed by atoms with Crippen molar-refractivity contribution in [3.63, 3.8) is 0 Å². The minimum atomic E-state index is -0.561. The highest BCUT2D eigenvalue weighted by Gasteiger charge is 2.32. The first-order valence-corrected chi connectivity index (χ1v) is 8.71. The first-order valence-electron chi connectivity index (χ1n) is 8.71. The Morgan fingerprint density at radius 3 is 2.64 bits per heavy atom. The molecule has 6 nitrogen and oxygen atoms in total. The van der Waals surface area contributed by atoms with E-state index < -0.39 is 6.04 Å². The van der Waals surface area contributed by atoms with E-state index in [0.29, 0.717) is 24.1 Å². The topological polar surface area (TPSA) is 63.9 Å². The number of piperidine rings is 1. The first kappa shape index (κ1) is 17.5. The number of carbonyl (C=O) groups excluding carboxylic acids is 1. The highest BCUT2D eigenvalue weighted by atomic mass is 19.1. The SMILES string of the molecule is Cc1nnnn1[C@H](Cc1cccc(F)c1)C(=O)N1C[C@H](C)C[C@@H](C)C1. The van der Waals surface area contributed by atoms with Crippen molar-refractivity contribution < 1.29 is 9.18 Å². The lowest BCUT2D eigenvalue weighted by Gasteiger charge is -2.37.